The molecule has 2 amide bonds. The number of anilines is 1. The fourth-order valence-electron chi connectivity index (χ4n) is 3.42. The van der Waals surface area contributed by atoms with Gasteiger partial charge >= 0.3 is 0 Å². The summed E-state index contributed by atoms with van der Waals surface area (Å²) < 4.78 is 7.79. The minimum absolute atomic E-state index is 0.173. The van der Waals surface area contributed by atoms with Crippen LogP contribution in [0.4, 0.5) is 5.69 Å². The predicted octanol–water partition coefficient (Wildman–Crippen LogP) is 4.06. The number of ether oxygens (including phenoxy) is 1. The maximum Gasteiger partial charge on any atom is 0.255 e. The van der Waals surface area contributed by atoms with E-state index in [1.165, 1.54) is 0 Å². The van der Waals surface area contributed by atoms with E-state index >= 15 is 0 Å². The van der Waals surface area contributed by atoms with E-state index in [-0.39, 0.29) is 24.5 Å². The van der Waals surface area contributed by atoms with Crippen molar-refractivity contribution in [3.63, 3.8) is 0 Å². The van der Waals surface area contributed by atoms with E-state index in [0.717, 1.165) is 24.2 Å². The van der Waals surface area contributed by atoms with Gasteiger partial charge in [-0.05, 0) is 55.3 Å². The largest absolute Gasteiger partial charge is 0.487 e. The van der Waals surface area contributed by atoms with E-state index < -0.39 is 0 Å². The van der Waals surface area contributed by atoms with Gasteiger partial charge in [-0.2, -0.15) is 0 Å². The Morgan fingerprint density at radius 3 is 2.69 bits per heavy atom. The lowest BCUT2D eigenvalue weighted by atomic mass is 10.1. The van der Waals surface area contributed by atoms with Gasteiger partial charge in [0.2, 0.25) is 0 Å². The van der Waals surface area contributed by atoms with Crippen LogP contribution in [0.3, 0.4) is 0 Å². The highest BCUT2D eigenvalue weighted by molar-refractivity contribution is 6.09. The molecule has 4 aromatic rings. The molecule has 2 aromatic carbocycles. The highest BCUT2D eigenvalue weighted by Gasteiger charge is 2.25. The summed E-state index contributed by atoms with van der Waals surface area (Å²) in [7, 11) is 0. The van der Waals surface area contributed by atoms with Crippen molar-refractivity contribution in [2.24, 2.45) is 0 Å². The molecule has 1 aliphatic carbocycles. The molecule has 0 saturated heterocycles. The molecular weight excluding hydrogens is 404 g/mol. The summed E-state index contributed by atoms with van der Waals surface area (Å²) in [5.41, 5.74) is 3.01. The van der Waals surface area contributed by atoms with Crippen LogP contribution in [-0.4, -0.2) is 27.2 Å². The van der Waals surface area contributed by atoms with E-state index in [9.17, 15) is 9.59 Å². The lowest BCUT2D eigenvalue weighted by Crippen LogP contribution is -2.27. The van der Waals surface area contributed by atoms with Crippen molar-refractivity contribution < 1.29 is 14.3 Å². The van der Waals surface area contributed by atoms with Crippen LogP contribution in [0.1, 0.15) is 39.3 Å². The van der Waals surface area contributed by atoms with Crippen molar-refractivity contribution in [3.8, 4) is 5.75 Å². The number of carbonyl (C=O) groups is 2. The Bertz CT molecular complexity index is 1260. The first kappa shape index (κ1) is 19.8. The molecule has 1 aliphatic rings. The van der Waals surface area contributed by atoms with E-state index in [2.05, 4.69) is 15.6 Å². The molecule has 0 aliphatic heterocycles. The Morgan fingerprint density at radius 2 is 1.84 bits per heavy atom. The van der Waals surface area contributed by atoms with Crippen molar-refractivity contribution in [1.82, 2.24) is 14.7 Å². The minimum atomic E-state index is -0.310. The standard InChI is InChI=1S/C25H22N4O3/c30-24(28-22-9-2-1-8-21(22)25(31)27-18-11-12-18)17-6-5-7-20(14-17)32-16-19-15-29-13-4-3-10-23(29)26-19/h1-10,13-15,18H,11-12,16H2,(H,27,31)(H,28,30). The van der Waals surface area contributed by atoms with Gasteiger partial charge in [0.1, 0.15) is 18.0 Å². The quantitative estimate of drug-likeness (QED) is 0.467. The number of nitrogens with zero attached hydrogens (tertiary/aromatic N) is 2. The summed E-state index contributed by atoms with van der Waals surface area (Å²) in [4.78, 5) is 29.8. The number of rotatable bonds is 7. The second-order valence-electron chi connectivity index (χ2n) is 7.76. The molecule has 32 heavy (non-hydrogen) atoms. The third-order valence-corrected chi connectivity index (χ3v) is 5.23. The summed E-state index contributed by atoms with van der Waals surface area (Å²) >= 11 is 0. The predicted molar refractivity (Wildman–Crippen MR) is 121 cm³/mol. The summed E-state index contributed by atoms with van der Waals surface area (Å²) in [6.45, 7) is 0.289. The average molecular weight is 426 g/mol. The number of para-hydroxylation sites is 1. The minimum Gasteiger partial charge on any atom is -0.487 e. The van der Waals surface area contributed by atoms with Crippen LogP contribution < -0.4 is 15.4 Å². The van der Waals surface area contributed by atoms with Gasteiger partial charge in [0, 0.05) is 24.0 Å². The zero-order chi connectivity index (χ0) is 21.9. The number of nitrogens with one attached hydrogen (secondary N) is 2. The molecule has 1 saturated carbocycles. The van der Waals surface area contributed by atoms with Crippen molar-refractivity contribution in [1.29, 1.82) is 0 Å². The van der Waals surface area contributed by atoms with Gasteiger partial charge in [0.05, 0.1) is 16.9 Å². The van der Waals surface area contributed by atoms with Gasteiger partial charge in [-0.15, -0.1) is 0 Å². The summed E-state index contributed by atoms with van der Waals surface area (Å²) in [5.74, 6) is 0.0808. The number of hydrogen-bond acceptors (Lipinski definition) is 4. The van der Waals surface area contributed by atoms with Crippen molar-refractivity contribution in [3.05, 3.63) is 95.9 Å². The number of amides is 2. The molecule has 7 heteroatoms. The zero-order valence-corrected chi connectivity index (χ0v) is 17.3. The molecule has 0 unspecified atom stereocenters. The number of pyridine rings is 1. The lowest BCUT2D eigenvalue weighted by molar-refractivity contribution is 0.0952. The van der Waals surface area contributed by atoms with Gasteiger partial charge in [-0.1, -0.05) is 24.3 Å². The number of benzene rings is 2. The van der Waals surface area contributed by atoms with Gasteiger partial charge in [0.15, 0.2) is 0 Å². The highest BCUT2D eigenvalue weighted by Crippen LogP contribution is 2.22. The molecule has 5 rings (SSSR count). The molecule has 160 valence electrons. The average Bonchev–Trinajstić information content (AvgIpc) is 3.53. The molecular formula is C25H22N4O3. The molecule has 2 aromatic heterocycles. The second kappa shape index (κ2) is 8.55. The number of imidazole rings is 1. The van der Waals surface area contributed by atoms with Crippen molar-refractivity contribution >= 4 is 23.1 Å². The van der Waals surface area contributed by atoms with Gasteiger partial charge in [-0.3, -0.25) is 9.59 Å². The molecule has 0 radical (unpaired) electrons. The molecule has 1 fully saturated rings. The summed E-state index contributed by atoms with van der Waals surface area (Å²) in [6, 6.07) is 20.0. The van der Waals surface area contributed by atoms with Crippen LogP contribution in [0.2, 0.25) is 0 Å². The van der Waals surface area contributed by atoms with Crippen LogP contribution in [0.25, 0.3) is 5.65 Å². The van der Waals surface area contributed by atoms with Crippen LogP contribution in [0.5, 0.6) is 5.75 Å². The Labute approximate surface area is 185 Å². The van der Waals surface area contributed by atoms with Gasteiger partial charge < -0.3 is 19.8 Å². The fraction of sp³-hybridized carbons (Fsp3) is 0.160. The monoisotopic (exact) mass is 426 g/mol. The summed E-state index contributed by atoms with van der Waals surface area (Å²) in [5, 5.41) is 5.81. The van der Waals surface area contributed by atoms with E-state index in [1.54, 1.807) is 48.5 Å². The Kier molecular flexibility index (Phi) is 5.29. The first-order valence-electron chi connectivity index (χ1n) is 10.5. The number of carbonyl (C=O) groups excluding carboxylic acids is 2. The third-order valence-electron chi connectivity index (χ3n) is 5.23. The van der Waals surface area contributed by atoms with Crippen molar-refractivity contribution in [2.75, 3.05) is 5.32 Å². The Morgan fingerprint density at radius 1 is 1.00 bits per heavy atom. The van der Waals surface area contributed by atoms with Crippen LogP contribution >= 0.6 is 0 Å². The van der Waals surface area contributed by atoms with E-state index in [1.807, 2.05) is 35.0 Å². The number of fused-ring (bicyclic) bond motifs is 1. The SMILES string of the molecule is O=C(Nc1ccccc1C(=O)NC1CC1)c1cccc(OCc2cn3ccccc3n2)c1. The van der Waals surface area contributed by atoms with Crippen LogP contribution in [0, 0.1) is 0 Å². The van der Waals surface area contributed by atoms with Crippen LogP contribution in [-0.2, 0) is 6.61 Å². The third kappa shape index (κ3) is 4.46. The van der Waals surface area contributed by atoms with Gasteiger partial charge in [-0.25, -0.2) is 4.98 Å². The second-order valence-corrected chi connectivity index (χ2v) is 7.76. The van der Waals surface area contributed by atoms with Gasteiger partial charge in [0.25, 0.3) is 11.8 Å². The molecule has 7 nitrogen and oxygen atoms in total. The zero-order valence-electron chi connectivity index (χ0n) is 17.3. The fourth-order valence-corrected chi connectivity index (χ4v) is 3.42. The summed E-state index contributed by atoms with van der Waals surface area (Å²) in [6.07, 6.45) is 5.85. The number of hydrogen-bond donors (Lipinski definition) is 2. The molecule has 0 atom stereocenters. The molecule has 0 spiro atoms. The maximum absolute atomic E-state index is 12.9. The Hall–Kier alpha value is -4.13. The topological polar surface area (TPSA) is 84.7 Å². The van der Waals surface area contributed by atoms with E-state index in [0.29, 0.717) is 22.6 Å². The van der Waals surface area contributed by atoms with E-state index in [4.69, 9.17) is 4.74 Å². The molecule has 2 N–H and O–H groups in total. The normalized spacial score (nSPS) is 13.0. The van der Waals surface area contributed by atoms with Crippen molar-refractivity contribution in [2.45, 2.75) is 25.5 Å². The van der Waals surface area contributed by atoms with Crippen LogP contribution in [0.15, 0.2) is 79.1 Å². The number of aromatic nitrogens is 2. The molecule has 0 bridgehead atoms. The molecule has 2 heterocycles. The smallest absolute Gasteiger partial charge is 0.255 e. The first-order chi connectivity index (χ1) is 15.7. The lowest BCUT2D eigenvalue weighted by Gasteiger charge is -2.12. The Balaban J connectivity index is 1.27. The maximum atomic E-state index is 12.9. The first-order valence-corrected chi connectivity index (χ1v) is 10.5. The highest BCUT2D eigenvalue weighted by atomic mass is 16.5.